The van der Waals surface area contributed by atoms with Crippen LogP contribution in [0.15, 0.2) is 36.4 Å². The minimum atomic E-state index is -2.11. The summed E-state index contributed by atoms with van der Waals surface area (Å²) < 4.78 is 6.74. The van der Waals surface area contributed by atoms with E-state index in [-0.39, 0.29) is 18.9 Å². The standard InChI is InChI=1S/C22H31NO4Si.Li.H/c1-14(2)28(15(3)4,16(5)6)27-18-11-10-17-8-7-9-19(20(17)12-18)22(26)23-13-21(24)25;;/h7-12,14-16H,13H2,1-6H3,(H,23,26)(H,24,25);;. The molecular weight excluding hydrogens is 377 g/mol. The molecule has 0 unspecified atom stereocenters. The SMILES string of the molecule is CC(C)[Si](Oc1ccc2cccc(C(=O)NCC(=O)O)c2c1)(C(C)C)C(C)C.[LiH]. The summed E-state index contributed by atoms with van der Waals surface area (Å²) in [5, 5.41) is 12.9. The minimum absolute atomic E-state index is 0. The van der Waals surface area contributed by atoms with Gasteiger partial charge in [-0.15, -0.1) is 0 Å². The molecule has 29 heavy (non-hydrogen) atoms. The van der Waals surface area contributed by atoms with Gasteiger partial charge in [-0.25, -0.2) is 0 Å². The van der Waals surface area contributed by atoms with Gasteiger partial charge < -0.3 is 14.8 Å². The van der Waals surface area contributed by atoms with Crippen LogP contribution >= 0.6 is 0 Å². The van der Waals surface area contributed by atoms with Crippen LogP contribution in [0.2, 0.25) is 16.6 Å². The second-order valence-corrected chi connectivity index (χ2v) is 13.6. The summed E-state index contributed by atoms with van der Waals surface area (Å²) in [5.74, 6) is -0.696. The zero-order valence-corrected chi connectivity index (χ0v) is 18.6. The zero-order valence-electron chi connectivity index (χ0n) is 17.6. The summed E-state index contributed by atoms with van der Waals surface area (Å²) in [6.45, 7) is 13.0. The molecule has 0 saturated heterocycles. The van der Waals surface area contributed by atoms with Crippen LogP contribution in [0.3, 0.4) is 0 Å². The molecule has 7 heteroatoms. The number of hydrogen-bond acceptors (Lipinski definition) is 3. The summed E-state index contributed by atoms with van der Waals surface area (Å²) in [5.41, 5.74) is 1.78. The fourth-order valence-corrected chi connectivity index (χ4v) is 9.56. The van der Waals surface area contributed by atoms with Crippen LogP contribution in [0.5, 0.6) is 5.75 Å². The fourth-order valence-electron chi connectivity index (χ4n) is 4.32. The van der Waals surface area contributed by atoms with Gasteiger partial charge in [0, 0.05) is 5.56 Å². The van der Waals surface area contributed by atoms with Crippen molar-refractivity contribution in [2.45, 2.75) is 58.2 Å². The Morgan fingerprint density at radius 1 is 1.00 bits per heavy atom. The van der Waals surface area contributed by atoms with Crippen LogP contribution in [0.25, 0.3) is 10.8 Å². The molecule has 0 saturated carbocycles. The average molecular weight is 410 g/mol. The third-order valence-corrected chi connectivity index (χ3v) is 11.5. The molecule has 0 fully saturated rings. The van der Waals surface area contributed by atoms with Gasteiger partial charge in [0.2, 0.25) is 0 Å². The first-order chi connectivity index (χ1) is 13.1. The van der Waals surface area contributed by atoms with E-state index in [1.165, 1.54) is 0 Å². The molecule has 154 valence electrons. The summed E-state index contributed by atoms with van der Waals surface area (Å²) in [6, 6.07) is 11.3. The Kier molecular flexibility index (Phi) is 9.01. The van der Waals surface area contributed by atoms with Crippen molar-refractivity contribution in [1.82, 2.24) is 5.32 Å². The van der Waals surface area contributed by atoms with Gasteiger partial charge in [-0.05, 0) is 45.6 Å². The number of carboxylic acids is 1. The number of carbonyl (C=O) groups excluding carboxylic acids is 1. The zero-order chi connectivity index (χ0) is 21.1. The molecule has 2 rings (SSSR count). The Hall–Kier alpha value is -1.75. The molecule has 0 aromatic heterocycles. The van der Waals surface area contributed by atoms with Crippen molar-refractivity contribution < 1.29 is 19.1 Å². The number of fused-ring (bicyclic) bond motifs is 1. The van der Waals surface area contributed by atoms with E-state index in [4.69, 9.17) is 9.53 Å². The number of benzene rings is 2. The van der Waals surface area contributed by atoms with E-state index in [0.29, 0.717) is 22.2 Å². The summed E-state index contributed by atoms with van der Waals surface area (Å²) >= 11 is 0. The monoisotopic (exact) mass is 409 g/mol. The second-order valence-electron chi connectivity index (χ2n) is 8.18. The van der Waals surface area contributed by atoms with E-state index in [1.807, 2.05) is 24.3 Å². The van der Waals surface area contributed by atoms with Crippen molar-refractivity contribution in [3.8, 4) is 5.75 Å². The van der Waals surface area contributed by atoms with Crippen LogP contribution < -0.4 is 9.74 Å². The van der Waals surface area contributed by atoms with Crippen molar-refractivity contribution >= 4 is 49.8 Å². The maximum absolute atomic E-state index is 12.5. The maximum atomic E-state index is 12.5. The van der Waals surface area contributed by atoms with Gasteiger partial charge in [0.25, 0.3) is 14.2 Å². The molecule has 0 aliphatic heterocycles. The molecule has 0 aliphatic carbocycles. The van der Waals surface area contributed by atoms with E-state index in [9.17, 15) is 9.59 Å². The molecule has 0 bridgehead atoms. The van der Waals surface area contributed by atoms with Crippen molar-refractivity contribution in [2.24, 2.45) is 0 Å². The third kappa shape index (κ3) is 5.45. The summed E-state index contributed by atoms with van der Waals surface area (Å²) in [7, 11) is -2.11. The number of amides is 1. The Balaban J connectivity index is 0.00000420. The quantitative estimate of drug-likeness (QED) is 0.627. The van der Waals surface area contributed by atoms with Gasteiger partial charge in [0.1, 0.15) is 12.3 Å². The molecular formula is C22H32LiNO4Si. The predicted octanol–water partition coefficient (Wildman–Crippen LogP) is 4.56. The number of hydrogen-bond donors (Lipinski definition) is 2. The van der Waals surface area contributed by atoms with E-state index in [2.05, 4.69) is 46.9 Å². The number of nitrogens with one attached hydrogen (secondary N) is 1. The third-order valence-electron chi connectivity index (χ3n) is 5.50. The van der Waals surface area contributed by atoms with Crippen LogP contribution in [-0.4, -0.2) is 50.7 Å². The van der Waals surface area contributed by atoms with Crippen LogP contribution in [-0.2, 0) is 4.79 Å². The number of carbonyl (C=O) groups is 2. The Labute approximate surface area is 186 Å². The Bertz CT molecular complexity index is 845. The molecule has 0 spiro atoms. The molecule has 2 aromatic rings. The van der Waals surface area contributed by atoms with E-state index >= 15 is 0 Å². The molecule has 0 heterocycles. The van der Waals surface area contributed by atoms with Gasteiger partial charge in [0.15, 0.2) is 0 Å². The van der Waals surface area contributed by atoms with E-state index in [0.717, 1.165) is 16.5 Å². The Morgan fingerprint density at radius 2 is 1.59 bits per heavy atom. The molecule has 0 aliphatic rings. The normalized spacial score (nSPS) is 11.6. The molecule has 0 radical (unpaired) electrons. The van der Waals surface area contributed by atoms with Crippen LogP contribution in [0.1, 0.15) is 51.9 Å². The van der Waals surface area contributed by atoms with Crippen molar-refractivity contribution in [3.05, 3.63) is 42.0 Å². The number of rotatable bonds is 8. The van der Waals surface area contributed by atoms with Gasteiger partial charge in [-0.3, -0.25) is 9.59 Å². The molecule has 1 amide bonds. The predicted molar refractivity (Wildman–Crippen MR) is 123 cm³/mol. The molecule has 0 atom stereocenters. The van der Waals surface area contributed by atoms with Gasteiger partial charge in [0.05, 0.1) is 0 Å². The van der Waals surface area contributed by atoms with E-state index < -0.39 is 26.7 Å². The molecule has 5 nitrogen and oxygen atoms in total. The van der Waals surface area contributed by atoms with Crippen molar-refractivity contribution in [3.63, 3.8) is 0 Å². The van der Waals surface area contributed by atoms with Gasteiger partial charge >= 0.3 is 24.8 Å². The van der Waals surface area contributed by atoms with Gasteiger partial charge in [-0.2, -0.15) is 0 Å². The van der Waals surface area contributed by atoms with E-state index in [1.54, 1.807) is 12.1 Å². The number of aliphatic carboxylic acids is 1. The first kappa shape index (κ1) is 25.3. The van der Waals surface area contributed by atoms with Crippen LogP contribution in [0, 0.1) is 0 Å². The van der Waals surface area contributed by atoms with Crippen molar-refractivity contribution in [1.29, 1.82) is 0 Å². The fraction of sp³-hybridized carbons (Fsp3) is 0.455. The topological polar surface area (TPSA) is 75.6 Å². The summed E-state index contributed by atoms with van der Waals surface area (Å²) in [4.78, 5) is 23.2. The first-order valence-corrected chi connectivity index (χ1v) is 11.9. The van der Waals surface area contributed by atoms with Crippen molar-refractivity contribution in [2.75, 3.05) is 6.54 Å². The molecule has 2 N–H and O–H groups in total. The number of carboxylic acid groups (broad SMARTS) is 1. The Morgan fingerprint density at radius 3 is 2.10 bits per heavy atom. The summed E-state index contributed by atoms with van der Waals surface area (Å²) in [6.07, 6.45) is 0. The second kappa shape index (κ2) is 10.3. The van der Waals surface area contributed by atoms with Gasteiger partial charge in [-0.1, -0.05) is 59.7 Å². The molecule has 2 aromatic carbocycles. The first-order valence-electron chi connectivity index (χ1n) is 9.81. The van der Waals surface area contributed by atoms with Crippen LogP contribution in [0.4, 0.5) is 0 Å². The average Bonchev–Trinajstić information content (AvgIpc) is 2.62.